The third-order valence-corrected chi connectivity index (χ3v) is 4.50. The highest BCUT2D eigenvalue weighted by atomic mass is 127. The number of halogens is 2. The van der Waals surface area contributed by atoms with Crippen LogP contribution >= 0.6 is 35.7 Å². The first kappa shape index (κ1) is 23.7. The van der Waals surface area contributed by atoms with Crippen LogP contribution in [0.1, 0.15) is 25.0 Å². The first-order chi connectivity index (χ1) is 12.6. The summed E-state index contributed by atoms with van der Waals surface area (Å²) in [5.74, 6) is 1.78. The van der Waals surface area contributed by atoms with Crippen LogP contribution in [0.4, 0.5) is 4.39 Å². The van der Waals surface area contributed by atoms with Gasteiger partial charge in [0.05, 0.1) is 6.54 Å². The maximum absolute atomic E-state index is 13.5. The van der Waals surface area contributed by atoms with Crippen LogP contribution in [0.2, 0.25) is 0 Å². The third-order valence-electron chi connectivity index (χ3n) is 3.90. The molecule has 1 atom stereocenters. The lowest BCUT2D eigenvalue weighted by molar-refractivity contribution is 0.443. The fourth-order valence-electron chi connectivity index (χ4n) is 2.61. The average Bonchev–Trinajstić information content (AvgIpc) is 3.12. The number of aliphatic imine (C=N–C) groups is 1. The fraction of sp³-hybridized carbons (Fsp3) is 0.474. The van der Waals surface area contributed by atoms with E-state index in [0.717, 1.165) is 42.5 Å². The molecule has 0 amide bonds. The summed E-state index contributed by atoms with van der Waals surface area (Å²) < 4.78 is 15.4. The average molecular weight is 505 g/mol. The number of rotatable bonds is 9. The Morgan fingerprint density at radius 1 is 1.33 bits per heavy atom. The van der Waals surface area contributed by atoms with Crippen LogP contribution in [0.15, 0.2) is 41.7 Å². The largest absolute Gasteiger partial charge is 0.357 e. The second-order valence-electron chi connectivity index (χ2n) is 6.26. The first-order valence-electron chi connectivity index (χ1n) is 8.88. The van der Waals surface area contributed by atoms with Crippen molar-refractivity contribution in [1.29, 1.82) is 0 Å². The molecule has 0 bridgehead atoms. The Bertz CT molecular complexity index is 693. The highest BCUT2D eigenvalue weighted by Crippen LogP contribution is 2.17. The molecule has 0 aliphatic carbocycles. The van der Waals surface area contributed by atoms with Gasteiger partial charge in [0.25, 0.3) is 0 Å². The molecule has 2 rings (SSSR count). The smallest absolute Gasteiger partial charge is 0.191 e. The lowest BCUT2D eigenvalue weighted by Gasteiger charge is -2.16. The molecular formula is C19H29FIN5S. The Kier molecular flexibility index (Phi) is 11.4. The van der Waals surface area contributed by atoms with Crippen molar-refractivity contribution < 1.29 is 4.39 Å². The minimum Gasteiger partial charge on any atom is -0.357 e. The Hall–Kier alpha value is -1.29. The summed E-state index contributed by atoms with van der Waals surface area (Å²) in [6.45, 7) is 7.19. The number of benzene rings is 1. The van der Waals surface area contributed by atoms with Gasteiger partial charge in [0.15, 0.2) is 5.96 Å². The molecular weight excluding hydrogens is 476 g/mol. The Morgan fingerprint density at radius 3 is 2.81 bits per heavy atom. The van der Waals surface area contributed by atoms with Gasteiger partial charge in [-0.3, -0.25) is 4.68 Å². The van der Waals surface area contributed by atoms with E-state index in [2.05, 4.69) is 27.6 Å². The molecule has 5 nitrogen and oxygen atoms in total. The first-order valence-corrected chi connectivity index (χ1v) is 10.3. The number of hydrogen-bond donors (Lipinski definition) is 2. The zero-order chi connectivity index (χ0) is 18.8. The number of aromatic nitrogens is 2. The number of hydrogen-bond acceptors (Lipinski definition) is 3. The van der Waals surface area contributed by atoms with Crippen LogP contribution in [0, 0.1) is 11.7 Å². The highest BCUT2D eigenvalue weighted by molar-refractivity contribution is 14.0. The van der Waals surface area contributed by atoms with Crippen molar-refractivity contribution in [1.82, 2.24) is 20.4 Å². The van der Waals surface area contributed by atoms with Gasteiger partial charge in [-0.05, 0) is 48.4 Å². The molecule has 0 aliphatic heterocycles. The molecule has 1 aromatic carbocycles. The van der Waals surface area contributed by atoms with Crippen molar-refractivity contribution >= 4 is 41.7 Å². The summed E-state index contributed by atoms with van der Waals surface area (Å²) in [7, 11) is 0. The maximum atomic E-state index is 13.5. The number of nitrogens with one attached hydrogen (secondary N) is 2. The van der Waals surface area contributed by atoms with Crippen molar-refractivity contribution in [3.8, 4) is 0 Å². The maximum Gasteiger partial charge on any atom is 0.191 e. The lowest BCUT2D eigenvalue weighted by atomic mass is 10.1. The van der Waals surface area contributed by atoms with E-state index in [-0.39, 0.29) is 29.8 Å². The minimum absolute atomic E-state index is 0. The summed E-state index contributed by atoms with van der Waals surface area (Å²) in [6.07, 6.45) is 5.78. The van der Waals surface area contributed by atoms with Crippen LogP contribution in [0.25, 0.3) is 0 Å². The van der Waals surface area contributed by atoms with Gasteiger partial charge in [-0.15, -0.1) is 24.0 Å². The molecule has 2 aromatic rings. The Balaban J connectivity index is 0.00000364. The van der Waals surface area contributed by atoms with Gasteiger partial charge in [0.2, 0.25) is 0 Å². The predicted molar refractivity (Wildman–Crippen MR) is 123 cm³/mol. The summed E-state index contributed by atoms with van der Waals surface area (Å²) in [6, 6.07) is 6.86. The van der Waals surface area contributed by atoms with Crippen molar-refractivity contribution in [3.63, 3.8) is 0 Å². The number of thioether (sulfide) groups is 1. The van der Waals surface area contributed by atoms with E-state index in [1.807, 2.05) is 36.2 Å². The molecule has 1 heterocycles. The lowest BCUT2D eigenvalue weighted by Crippen LogP contribution is -2.40. The highest BCUT2D eigenvalue weighted by Gasteiger charge is 2.07. The van der Waals surface area contributed by atoms with Crippen LogP contribution in [-0.4, -0.2) is 35.1 Å². The van der Waals surface area contributed by atoms with Crippen molar-refractivity contribution in [3.05, 3.63) is 53.6 Å². The molecule has 0 aliphatic rings. The van der Waals surface area contributed by atoms with E-state index in [0.29, 0.717) is 12.5 Å². The quantitative estimate of drug-likeness (QED) is 0.309. The van der Waals surface area contributed by atoms with Gasteiger partial charge in [-0.2, -0.15) is 16.9 Å². The summed E-state index contributed by atoms with van der Waals surface area (Å²) >= 11 is 1.68. The second kappa shape index (κ2) is 13.0. The van der Waals surface area contributed by atoms with Gasteiger partial charge in [-0.1, -0.05) is 13.0 Å². The predicted octanol–water partition coefficient (Wildman–Crippen LogP) is 3.89. The van der Waals surface area contributed by atoms with Gasteiger partial charge < -0.3 is 10.6 Å². The van der Waals surface area contributed by atoms with E-state index in [1.54, 1.807) is 24.0 Å². The fourth-order valence-corrected chi connectivity index (χ4v) is 3.19. The Morgan fingerprint density at radius 2 is 2.15 bits per heavy atom. The molecule has 0 saturated heterocycles. The van der Waals surface area contributed by atoms with Gasteiger partial charge in [0.1, 0.15) is 5.82 Å². The van der Waals surface area contributed by atoms with Crippen molar-refractivity contribution in [2.24, 2.45) is 10.9 Å². The summed E-state index contributed by atoms with van der Waals surface area (Å²) in [5.41, 5.74) is 2.06. The van der Waals surface area contributed by atoms with E-state index in [4.69, 9.17) is 0 Å². The third kappa shape index (κ3) is 8.50. The molecule has 8 heteroatoms. The molecule has 0 fully saturated rings. The van der Waals surface area contributed by atoms with Crippen LogP contribution < -0.4 is 10.6 Å². The molecule has 0 saturated carbocycles. The molecule has 1 aromatic heterocycles. The standard InChI is InChI=1S/C19H28FN5S.HI/c1-4-21-19(22-11-15(2)13-25-9-5-8-24-25)23-12-16-6-7-18(20)10-17(16)14-26-3;/h5-10,15H,4,11-14H2,1-3H3,(H2,21,22,23);1H. The summed E-state index contributed by atoms with van der Waals surface area (Å²) in [5, 5.41) is 10.9. The monoisotopic (exact) mass is 505 g/mol. The number of guanidine groups is 1. The van der Waals surface area contributed by atoms with Crippen LogP contribution in [-0.2, 0) is 18.8 Å². The zero-order valence-corrected chi connectivity index (χ0v) is 19.3. The molecule has 27 heavy (non-hydrogen) atoms. The Labute approximate surface area is 182 Å². The van der Waals surface area contributed by atoms with E-state index in [9.17, 15) is 4.39 Å². The molecule has 150 valence electrons. The molecule has 0 radical (unpaired) electrons. The van der Waals surface area contributed by atoms with Gasteiger partial charge in [-0.25, -0.2) is 9.38 Å². The van der Waals surface area contributed by atoms with Gasteiger partial charge >= 0.3 is 0 Å². The van der Waals surface area contributed by atoms with E-state index in [1.165, 1.54) is 6.07 Å². The van der Waals surface area contributed by atoms with Gasteiger partial charge in [0, 0.05) is 37.8 Å². The number of nitrogens with zero attached hydrogens (tertiary/aromatic N) is 3. The zero-order valence-electron chi connectivity index (χ0n) is 16.1. The van der Waals surface area contributed by atoms with Crippen LogP contribution in [0.3, 0.4) is 0 Å². The normalized spacial score (nSPS) is 12.4. The topological polar surface area (TPSA) is 54.2 Å². The second-order valence-corrected chi connectivity index (χ2v) is 7.12. The van der Waals surface area contributed by atoms with E-state index < -0.39 is 0 Å². The molecule has 0 spiro atoms. The van der Waals surface area contributed by atoms with E-state index >= 15 is 0 Å². The molecule has 1 unspecified atom stereocenters. The van der Waals surface area contributed by atoms with Crippen molar-refractivity contribution in [2.75, 3.05) is 19.3 Å². The van der Waals surface area contributed by atoms with Crippen molar-refractivity contribution in [2.45, 2.75) is 32.7 Å². The SMILES string of the molecule is CCNC(=NCc1ccc(F)cc1CSC)NCC(C)Cn1cccn1.I. The molecule has 2 N–H and O–H groups in total. The van der Waals surface area contributed by atoms with Crippen LogP contribution in [0.5, 0.6) is 0 Å². The minimum atomic E-state index is -0.195. The summed E-state index contributed by atoms with van der Waals surface area (Å²) in [4.78, 5) is 4.67.